The first-order chi connectivity index (χ1) is 11.7. The van der Waals surface area contributed by atoms with Crippen molar-refractivity contribution >= 4 is 15.9 Å². The van der Waals surface area contributed by atoms with Crippen molar-refractivity contribution in [3.05, 3.63) is 29.8 Å². The topological polar surface area (TPSA) is 75.7 Å². The molecule has 1 aromatic carbocycles. The Balaban J connectivity index is 1.93. The quantitative estimate of drug-likeness (QED) is 0.782. The molecule has 140 valence electrons. The molecule has 1 aliphatic rings. The Morgan fingerprint density at radius 2 is 1.76 bits per heavy atom. The fourth-order valence-electron chi connectivity index (χ4n) is 2.64. The molecule has 7 heteroatoms. The second-order valence-corrected chi connectivity index (χ2v) is 9.40. The van der Waals surface area contributed by atoms with Crippen LogP contribution in [0.3, 0.4) is 0 Å². The number of rotatable bonds is 6. The summed E-state index contributed by atoms with van der Waals surface area (Å²) >= 11 is 0. The first-order valence-corrected chi connectivity index (χ1v) is 10.1. The molecule has 1 fully saturated rings. The van der Waals surface area contributed by atoms with Gasteiger partial charge in [0.15, 0.2) is 0 Å². The van der Waals surface area contributed by atoms with Crippen LogP contribution in [0.15, 0.2) is 29.2 Å². The smallest absolute Gasteiger partial charge is 0.251 e. The predicted molar refractivity (Wildman–Crippen MR) is 97.0 cm³/mol. The molecule has 2 rings (SSSR count). The van der Waals surface area contributed by atoms with Crippen molar-refractivity contribution < 1.29 is 17.9 Å². The lowest BCUT2D eigenvalue weighted by Gasteiger charge is -2.26. The van der Waals surface area contributed by atoms with Crippen LogP contribution in [0.25, 0.3) is 0 Å². The maximum absolute atomic E-state index is 12.5. The van der Waals surface area contributed by atoms with Crippen LogP contribution in [-0.2, 0) is 14.8 Å². The minimum absolute atomic E-state index is 0.177. The second-order valence-electron chi connectivity index (χ2n) is 7.46. The van der Waals surface area contributed by atoms with Gasteiger partial charge in [0.1, 0.15) is 0 Å². The minimum Gasteiger partial charge on any atom is -0.379 e. The lowest BCUT2D eigenvalue weighted by molar-refractivity contribution is 0.0730. The maximum atomic E-state index is 12.5. The van der Waals surface area contributed by atoms with E-state index in [2.05, 4.69) is 26.1 Å². The van der Waals surface area contributed by atoms with Crippen LogP contribution in [0.1, 0.15) is 44.0 Å². The Morgan fingerprint density at radius 3 is 2.32 bits per heavy atom. The number of nitrogens with one attached hydrogen (secondary N) is 1. The molecule has 0 unspecified atom stereocenters. The highest BCUT2D eigenvalue weighted by Crippen LogP contribution is 2.20. The van der Waals surface area contributed by atoms with E-state index in [1.54, 1.807) is 12.1 Å². The van der Waals surface area contributed by atoms with Gasteiger partial charge in [0.25, 0.3) is 5.91 Å². The number of carbonyl (C=O) groups excluding carboxylic acids is 1. The van der Waals surface area contributed by atoms with E-state index in [9.17, 15) is 13.2 Å². The van der Waals surface area contributed by atoms with Gasteiger partial charge in [-0.05, 0) is 42.5 Å². The van der Waals surface area contributed by atoms with Gasteiger partial charge >= 0.3 is 0 Å². The third-order valence-corrected chi connectivity index (χ3v) is 6.03. The molecule has 1 amide bonds. The van der Waals surface area contributed by atoms with Crippen LogP contribution in [0, 0.1) is 5.41 Å². The summed E-state index contributed by atoms with van der Waals surface area (Å²) < 4.78 is 31.7. The van der Waals surface area contributed by atoms with Gasteiger partial charge in [0.2, 0.25) is 10.0 Å². The van der Waals surface area contributed by atoms with Crippen molar-refractivity contribution in [2.75, 3.05) is 32.8 Å². The van der Waals surface area contributed by atoms with Gasteiger partial charge in [0.05, 0.1) is 18.1 Å². The second kappa shape index (κ2) is 8.29. The molecule has 0 atom stereocenters. The van der Waals surface area contributed by atoms with Gasteiger partial charge in [-0.15, -0.1) is 0 Å². The van der Waals surface area contributed by atoms with Crippen LogP contribution in [-0.4, -0.2) is 51.5 Å². The van der Waals surface area contributed by atoms with Crippen molar-refractivity contribution in [1.29, 1.82) is 0 Å². The van der Waals surface area contributed by atoms with Crippen LogP contribution in [0.4, 0.5) is 0 Å². The Morgan fingerprint density at radius 1 is 1.16 bits per heavy atom. The van der Waals surface area contributed by atoms with Gasteiger partial charge in [-0.25, -0.2) is 8.42 Å². The standard InChI is InChI=1S/C18H28N2O4S/c1-18(2,3)9-4-10-19-17(21)15-5-7-16(8-6-15)25(22,23)20-11-13-24-14-12-20/h5-8H,4,9-14H2,1-3H3,(H,19,21). The summed E-state index contributed by atoms with van der Waals surface area (Å²) in [6.07, 6.45) is 1.95. The van der Waals surface area contributed by atoms with Crippen molar-refractivity contribution in [1.82, 2.24) is 9.62 Å². The number of hydrogen-bond acceptors (Lipinski definition) is 4. The van der Waals surface area contributed by atoms with E-state index in [1.165, 1.54) is 16.4 Å². The van der Waals surface area contributed by atoms with E-state index >= 15 is 0 Å². The molecule has 0 bridgehead atoms. The van der Waals surface area contributed by atoms with Gasteiger partial charge in [-0.3, -0.25) is 4.79 Å². The molecule has 1 N–H and O–H groups in total. The van der Waals surface area contributed by atoms with Crippen molar-refractivity contribution in [2.45, 2.75) is 38.5 Å². The highest BCUT2D eigenvalue weighted by Gasteiger charge is 2.26. The van der Waals surface area contributed by atoms with Crippen molar-refractivity contribution in [3.8, 4) is 0 Å². The summed E-state index contributed by atoms with van der Waals surface area (Å²) in [6.45, 7) is 8.66. The Kier molecular flexibility index (Phi) is 6.59. The van der Waals surface area contributed by atoms with Crippen LogP contribution in [0.2, 0.25) is 0 Å². The molecule has 0 spiro atoms. The lowest BCUT2D eigenvalue weighted by atomic mass is 9.91. The van der Waals surface area contributed by atoms with Crippen LogP contribution >= 0.6 is 0 Å². The molecule has 1 aliphatic heterocycles. The normalized spacial score (nSPS) is 16.6. The molecular formula is C18H28N2O4S. The van der Waals surface area contributed by atoms with E-state index in [4.69, 9.17) is 4.74 Å². The fourth-order valence-corrected chi connectivity index (χ4v) is 4.04. The number of morpholine rings is 1. The molecule has 1 saturated heterocycles. The molecule has 0 radical (unpaired) electrons. The zero-order chi connectivity index (χ0) is 18.5. The Hall–Kier alpha value is -1.44. The number of hydrogen-bond donors (Lipinski definition) is 1. The SMILES string of the molecule is CC(C)(C)CCCNC(=O)c1ccc(S(=O)(=O)N2CCOCC2)cc1. The number of ether oxygens (including phenoxy) is 1. The third-order valence-electron chi connectivity index (χ3n) is 4.11. The molecule has 0 aromatic heterocycles. The average Bonchev–Trinajstić information content (AvgIpc) is 2.58. The first-order valence-electron chi connectivity index (χ1n) is 8.66. The summed E-state index contributed by atoms with van der Waals surface area (Å²) in [4.78, 5) is 12.4. The number of carbonyl (C=O) groups is 1. The number of nitrogens with zero attached hydrogens (tertiary/aromatic N) is 1. The number of amides is 1. The number of sulfonamides is 1. The maximum Gasteiger partial charge on any atom is 0.251 e. The Labute approximate surface area is 150 Å². The summed E-state index contributed by atoms with van der Waals surface area (Å²) in [5.74, 6) is -0.177. The van der Waals surface area contributed by atoms with E-state index in [1.807, 2.05) is 0 Å². The summed E-state index contributed by atoms with van der Waals surface area (Å²) in [5.41, 5.74) is 0.719. The molecule has 0 aliphatic carbocycles. The summed E-state index contributed by atoms with van der Waals surface area (Å²) in [5, 5.41) is 2.88. The average molecular weight is 368 g/mol. The van der Waals surface area contributed by atoms with Gasteiger partial charge in [0, 0.05) is 25.2 Å². The lowest BCUT2D eigenvalue weighted by Crippen LogP contribution is -2.40. The molecule has 1 aromatic rings. The molecule has 0 saturated carbocycles. The fraction of sp³-hybridized carbons (Fsp3) is 0.611. The van der Waals surface area contributed by atoms with Gasteiger partial charge < -0.3 is 10.1 Å². The Bertz CT molecular complexity index is 672. The summed E-state index contributed by atoms with van der Waals surface area (Å²) in [6, 6.07) is 6.11. The molecule has 25 heavy (non-hydrogen) atoms. The highest BCUT2D eigenvalue weighted by molar-refractivity contribution is 7.89. The monoisotopic (exact) mass is 368 g/mol. The van der Waals surface area contributed by atoms with Gasteiger partial charge in [-0.1, -0.05) is 20.8 Å². The largest absolute Gasteiger partial charge is 0.379 e. The van der Waals surface area contributed by atoms with E-state index in [-0.39, 0.29) is 16.2 Å². The molecule has 6 nitrogen and oxygen atoms in total. The zero-order valence-electron chi connectivity index (χ0n) is 15.2. The number of benzene rings is 1. The van der Waals surface area contributed by atoms with Crippen molar-refractivity contribution in [3.63, 3.8) is 0 Å². The van der Waals surface area contributed by atoms with Crippen molar-refractivity contribution in [2.24, 2.45) is 5.41 Å². The predicted octanol–water partition coefficient (Wildman–Crippen LogP) is 2.26. The first kappa shape index (κ1) is 19.9. The van der Waals surface area contributed by atoms with Crippen LogP contribution < -0.4 is 5.32 Å². The third kappa shape index (κ3) is 5.80. The van der Waals surface area contributed by atoms with E-state index in [0.29, 0.717) is 38.4 Å². The molecular weight excluding hydrogens is 340 g/mol. The minimum atomic E-state index is -3.52. The van der Waals surface area contributed by atoms with E-state index < -0.39 is 10.0 Å². The zero-order valence-corrected chi connectivity index (χ0v) is 16.1. The van der Waals surface area contributed by atoms with E-state index in [0.717, 1.165) is 12.8 Å². The summed E-state index contributed by atoms with van der Waals surface area (Å²) in [7, 11) is -3.52. The van der Waals surface area contributed by atoms with Crippen LogP contribution in [0.5, 0.6) is 0 Å². The highest BCUT2D eigenvalue weighted by atomic mass is 32.2. The molecule has 1 heterocycles. The van der Waals surface area contributed by atoms with Gasteiger partial charge in [-0.2, -0.15) is 4.31 Å².